The van der Waals surface area contributed by atoms with Gasteiger partial charge >= 0.3 is 0 Å². The summed E-state index contributed by atoms with van der Waals surface area (Å²) in [5, 5.41) is 9.76. The van der Waals surface area contributed by atoms with Crippen molar-refractivity contribution in [3.63, 3.8) is 0 Å². The first-order valence-electron chi connectivity index (χ1n) is 5.95. The number of hydrogen-bond acceptors (Lipinski definition) is 2. The Hall–Kier alpha value is -0.0800. The molecular formula is C12H25NO. The van der Waals surface area contributed by atoms with Gasteiger partial charge in [-0.1, -0.05) is 12.8 Å². The van der Waals surface area contributed by atoms with E-state index in [1.54, 1.807) is 0 Å². The highest BCUT2D eigenvalue weighted by Crippen LogP contribution is 2.18. The molecule has 1 rings (SSSR count). The maximum Gasteiger partial charge on any atom is 0.0606 e. The van der Waals surface area contributed by atoms with Crippen LogP contribution in [-0.4, -0.2) is 34.7 Å². The minimum atomic E-state index is -0.522. The predicted molar refractivity (Wildman–Crippen MR) is 60.4 cm³/mol. The Balaban J connectivity index is 2.37. The zero-order valence-corrected chi connectivity index (χ0v) is 9.92. The van der Waals surface area contributed by atoms with Gasteiger partial charge < -0.3 is 10.0 Å². The van der Waals surface area contributed by atoms with Gasteiger partial charge in [-0.15, -0.1) is 0 Å². The SMILES string of the molecule is CC(CC(C)(C)O)N1CCCCCC1. The maximum atomic E-state index is 9.76. The molecule has 0 radical (unpaired) electrons. The highest BCUT2D eigenvalue weighted by molar-refractivity contribution is 4.77. The van der Waals surface area contributed by atoms with Gasteiger partial charge in [-0.2, -0.15) is 0 Å². The molecule has 1 N–H and O–H groups in total. The van der Waals surface area contributed by atoms with E-state index < -0.39 is 5.60 Å². The minimum Gasteiger partial charge on any atom is -0.390 e. The summed E-state index contributed by atoms with van der Waals surface area (Å²) < 4.78 is 0. The molecule has 0 aromatic heterocycles. The largest absolute Gasteiger partial charge is 0.390 e. The van der Waals surface area contributed by atoms with E-state index >= 15 is 0 Å². The van der Waals surface area contributed by atoms with Crippen LogP contribution in [0.2, 0.25) is 0 Å². The summed E-state index contributed by atoms with van der Waals surface area (Å²) in [7, 11) is 0. The number of hydrogen-bond donors (Lipinski definition) is 1. The number of aliphatic hydroxyl groups is 1. The average molecular weight is 199 g/mol. The first kappa shape index (κ1) is 12.0. The standard InChI is InChI=1S/C12H25NO/c1-11(10-12(2,3)14)13-8-6-4-5-7-9-13/h11,14H,4-10H2,1-3H3. The Bertz CT molecular complexity index is 154. The topological polar surface area (TPSA) is 23.5 Å². The van der Waals surface area contributed by atoms with E-state index in [1.807, 2.05) is 13.8 Å². The molecule has 84 valence electrons. The van der Waals surface area contributed by atoms with Crippen molar-refractivity contribution in [1.29, 1.82) is 0 Å². The van der Waals surface area contributed by atoms with Crippen LogP contribution in [0, 0.1) is 0 Å². The van der Waals surface area contributed by atoms with Crippen LogP contribution in [0.5, 0.6) is 0 Å². The molecule has 1 heterocycles. The Labute approximate surface area is 88.3 Å². The monoisotopic (exact) mass is 199 g/mol. The molecule has 14 heavy (non-hydrogen) atoms. The van der Waals surface area contributed by atoms with Gasteiger partial charge in [0.15, 0.2) is 0 Å². The van der Waals surface area contributed by atoms with Crippen LogP contribution >= 0.6 is 0 Å². The van der Waals surface area contributed by atoms with Crippen LogP contribution in [0.25, 0.3) is 0 Å². The van der Waals surface area contributed by atoms with E-state index in [9.17, 15) is 5.11 Å². The van der Waals surface area contributed by atoms with Crippen LogP contribution in [0.3, 0.4) is 0 Å². The van der Waals surface area contributed by atoms with Gasteiger partial charge in [-0.3, -0.25) is 0 Å². The summed E-state index contributed by atoms with van der Waals surface area (Å²) in [4.78, 5) is 2.53. The molecule has 2 heteroatoms. The van der Waals surface area contributed by atoms with Crippen molar-refractivity contribution in [3.8, 4) is 0 Å². The van der Waals surface area contributed by atoms with E-state index in [-0.39, 0.29) is 0 Å². The molecule has 0 saturated carbocycles. The summed E-state index contributed by atoms with van der Waals surface area (Å²) in [6, 6.07) is 0.521. The highest BCUT2D eigenvalue weighted by Gasteiger charge is 2.22. The Morgan fingerprint density at radius 1 is 1.14 bits per heavy atom. The van der Waals surface area contributed by atoms with Crippen LogP contribution < -0.4 is 0 Å². The summed E-state index contributed by atoms with van der Waals surface area (Å²) >= 11 is 0. The molecule has 1 aliphatic rings. The molecule has 0 aromatic carbocycles. The molecule has 0 aromatic rings. The molecule has 1 saturated heterocycles. The first-order valence-corrected chi connectivity index (χ1v) is 5.95. The molecular weight excluding hydrogens is 174 g/mol. The molecule has 1 unspecified atom stereocenters. The molecule has 1 atom stereocenters. The van der Waals surface area contributed by atoms with Crippen molar-refractivity contribution in [2.45, 2.75) is 64.5 Å². The van der Waals surface area contributed by atoms with Gasteiger partial charge in [0.25, 0.3) is 0 Å². The van der Waals surface area contributed by atoms with E-state index in [0.29, 0.717) is 6.04 Å². The van der Waals surface area contributed by atoms with E-state index in [1.165, 1.54) is 38.8 Å². The number of nitrogens with zero attached hydrogens (tertiary/aromatic N) is 1. The lowest BCUT2D eigenvalue weighted by Crippen LogP contribution is -2.39. The molecule has 0 spiro atoms. The van der Waals surface area contributed by atoms with Crippen molar-refractivity contribution in [3.05, 3.63) is 0 Å². The fourth-order valence-corrected chi connectivity index (χ4v) is 2.39. The van der Waals surface area contributed by atoms with Crippen LogP contribution in [0.4, 0.5) is 0 Å². The van der Waals surface area contributed by atoms with Crippen LogP contribution in [-0.2, 0) is 0 Å². The third kappa shape index (κ3) is 4.43. The Kier molecular flexibility index (Phi) is 4.39. The van der Waals surface area contributed by atoms with E-state index in [4.69, 9.17) is 0 Å². The smallest absolute Gasteiger partial charge is 0.0606 e. The lowest BCUT2D eigenvalue weighted by Gasteiger charge is -2.31. The highest BCUT2D eigenvalue weighted by atomic mass is 16.3. The van der Waals surface area contributed by atoms with Crippen LogP contribution in [0.1, 0.15) is 52.9 Å². The molecule has 1 aliphatic heterocycles. The van der Waals surface area contributed by atoms with Gasteiger partial charge in [0.2, 0.25) is 0 Å². The van der Waals surface area contributed by atoms with Crippen LogP contribution in [0.15, 0.2) is 0 Å². The first-order chi connectivity index (χ1) is 6.49. The van der Waals surface area contributed by atoms with Crippen molar-refractivity contribution in [2.75, 3.05) is 13.1 Å². The second-order valence-electron chi connectivity index (χ2n) is 5.32. The third-order valence-electron chi connectivity index (χ3n) is 3.06. The summed E-state index contributed by atoms with van der Waals surface area (Å²) in [6.07, 6.45) is 6.30. The summed E-state index contributed by atoms with van der Waals surface area (Å²) in [5.41, 5.74) is -0.522. The zero-order chi connectivity index (χ0) is 10.6. The third-order valence-corrected chi connectivity index (χ3v) is 3.06. The van der Waals surface area contributed by atoms with E-state index in [0.717, 1.165) is 6.42 Å². The fourth-order valence-electron chi connectivity index (χ4n) is 2.39. The van der Waals surface area contributed by atoms with Gasteiger partial charge in [0.05, 0.1) is 5.60 Å². The summed E-state index contributed by atoms with van der Waals surface area (Å²) in [6.45, 7) is 8.49. The van der Waals surface area contributed by atoms with Crippen molar-refractivity contribution in [2.24, 2.45) is 0 Å². The van der Waals surface area contributed by atoms with E-state index in [2.05, 4.69) is 11.8 Å². The van der Waals surface area contributed by atoms with Crippen molar-refractivity contribution in [1.82, 2.24) is 4.90 Å². The Morgan fingerprint density at radius 3 is 2.07 bits per heavy atom. The van der Waals surface area contributed by atoms with Crippen molar-refractivity contribution < 1.29 is 5.11 Å². The maximum absolute atomic E-state index is 9.76. The molecule has 0 amide bonds. The second kappa shape index (κ2) is 5.13. The predicted octanol–water partition coefficient (Wildman–Crippen LogP) is 2.41. The fraction of sp³-hybridized carbons (Fsp3) is 1.00. The molecule has 2 nitrogen and oxygen atoms in total. The normalized spacial score (nSPS) is 23.1. The average Bonchev–Trinajstić information content (AvgIpc) is 2.27. The quantitative estimate of drug-likeness (QED) is 0.754. The number of likely N-dealkylation sites (tertiary alicyclic amines) is 1. The lowest BCUT2D eigenvalue weighted by atomic mass is 9.99. The van der Waals surface area contributed by atoms with Crippen molar-refractivity contribution >= 4 is 0 Å². The number of rotatable bonds is 3. The minimum absolute atomic E-state index is 0.521. The van der Waals surface area contributed by atoms with Gasteiger partial charge in [-0.05, 0) is 53.1 Å². The summed E-state index contributed by atoms with van der Waals surface area (Å²) in [5.74, 6) is 0. The van der Waals surface area contributed by atoms with Gasteiger partial charge in [-0.25, -0.2) is 0 Å². The Morgan fingerprint density at radius 2 is 1.64 bits per heavy atom. The van der Waals surface area contributed by atoms with Gasteiger partial charge in [0, 0.05) is 6.04 Å². The second-order valence-corrected chi connectivity index (χ2v) is 5.32. The van der Waals surface area contributed by atoms with Gasteiger partial charge in [0.1, 0.15) is 0 Å². The zero-order valence-electron chi connectivity index (χ0n) is 9.92. The molecule has 0 aliphatic carbocycles. The molecule has 0 bridgehead atoms. The molecule has 1 fully saturated rings. The lowest BCUT2D eigenvalue weighted by molar-refractivity contribution is 0.0381.